The molecule has 0 aliphatic rings. The van der Waals surface area contributed by atoms with Gasteiger partial charge in [-0.25, -0.2) is 9.07 Å². The van der Waals surface area contributed by atoms with Gasteiger partial charge in [-0.05, 0) is 18.7 Å². The van der Waals surface area contributed by atoms with Gasteiger partial charge in [-0.15, -0.1) is 5.10 Å². The van der Waals surface area contributed by atoms with Gasteiger partial charge in [0.2, 0.25) is 0 Å². The van der Waals surface area contributed by atoms with Crippen LogP contribution in [-0.2, 0) is 13.1 Å². The Hall–Kier alpha value is -1.46. The van der Waals surface area contributed by atoms with Crippen molar-refractivity contribution in [1.82, 2.24) is 20.3 Å². The van der Waals surface area contributed by atoms with Crippen LogP contribution >= 0.6 is 11.6 Å². The summed E-state index contributed by atoms with van der Waals surface area (Å²) in [5.74, 6) is -0.328. The summed E-state index contributed by atoms with van der Waals surface area (Å²) in [4.78, 5) is 0. The molecule has 4 nitrogen and oxygen atoms in total. The van der Waals surface area contributed by atoms with Crippen LogP contribution in [0.15, 0.2) is 24.4 Å². The number of hydrogen-bond acceptors (Lipinski definition) is 3. The molecule has 1 aromatic heterocycles. The molecule has 2 aromatic rings. The van der Waals surface area contributed by atoms with E-state index in [0.29, 0.717) is 23.7 Å². The fraction of sp³-hybridized carbons (Fsp3) is 0.333. The van der Waals surface area contributed by atoms with E-state index in [-0.39, 0.29) is 5.82 Å². The van der Waals surface area contributed by atoms with Crippen LogP contribution in [0.5, 0.6) is 0 Å². The molecular weight excluding hydrogens is 255 g/mol. The van der Waals surface area contributed by atoms with Crippen molar-refractivity contribution in [1.29, 1.82) is 0 Å². The van der Waals surface area contributed by atoms with E-state index in [1.54, 1.807) is 23.0 Å². The Labute approximate surface area is 110 Å². The van der Waals surface area contributed by atoms with Crippen molar-refractivity contribution in [3.8, 4) is 0 Å². The molecule has 0 fully saturated rings. The molecule has 0 unspecified atom stereocenters. The van der Waals surface area contributed by atoms with Crippen LogP contribution in [0, 0.1) is 5.82 Å². The number of halogens is 2. The van der Waals surface area contributed by atoms with Gasteiger partial charge in [-0.2, -0.15) is 0 Å². The van der Waals surface area contributed by atoms with Crippen molar-refractivity contribution in [2.75, 3.05) is 6.54 Å². The molecule has 0 aliphatic carbocycles. The summed E-state index contributed by atoms with van der Waals surface area (Å²) < 4.78 is 15.2. The van der Waals surface area contributed by atoms with Crippen LogP contribution in [0.3, 0.4) is 0 Å². The molecule has 0 atom stereocenters. The lowest BCUT2D eigenvalue weighted by Crippen LogP contribution is -2.11. The minimum Gasteiger partial charge on any atom is -0.311 e. The molecule has 0 radical (unpaired) electrons. The van der Waals surface area contributed by atoms with Crippen molar-refractivity contribution in [2.24, 2.45) is 0 Å². The third kappa shape index (κ3) is 3.27. The van der Waals surface area contributed by atoms with Crippen molar-refractivity contribution in [2.45, 2.75) is 20.0 Å². The van der Waals surface area contributed by atoms with Crippen LogP contribution in [-0.4, -0.2) is 21.5 Å². The molecule has 1 heterocycles. The average molecular weight is 269 g/mol. The molecule has 1 N–H and O–H groups in total. The Morgan fingerprint density at radius 1 is 1.44 bits per heavy atom. The predicted molar refractivity (Wildman–Crippen MR) is 67.9 cm³/mol. The van der Waals surface area contributed by atoms with Crippen LogP contribution in [0.2, 0.25) is 5.02 Å². The zero-order valence-electron chi connectivity index (χ0n) is 10.0. The van der Waals surface area contributed by atoms with E-state index in [1.165, 1.54) is 6.07 Å². The molecule has 1 aromatic carbocycles. The van der Waals surface area contributed by atoms with E-state index in [0.717, 1.165) is 12.2 Å². The van der Waals surface area contributed by atoms with Gasteiger partial charge in [0.1, 0.15) is 5.82 Å². The molecule has 0 saturated carbocycles. The van der Waals surface area contributed by atoms with E-state index in [1.807, 2.05) is 6.92 Å². The Bertz CT molecular complexity index is 527. The van der Waals surface area contributed by atoms with E-state index in [2.05, 4.69) is 15.6 Å². The largest absolute Gasteiger partial charge is 0.311 e. The van der Waals surface area contributed by atoms with Crippen molar-refractivity contribution >= 4 is 11.6 Å². The average Bonchev–Trinajstić information content (AvgIpc) is 2.78. The fourth-order valence-corrected chi connectivity index (χ4v) is 1.73. The lowest BCUT2D eigenvalue weighted by atomic mass is 10.2. The first-order valence-corrected chi connectivity index (χ1v) is 6.10. The van der Waals surface area contributed by atoms with Crippen LogP contribution in [0.1, 0.15) is 18.2 Å². The molecule has 2 rings (SSSR count). The quantitative estimate of drug-likeness (QED) is 0.904. The van der Waals surface area contributed by atoms with Gasteiger partial charge >= 0.3 is 0 Å². The van der Waals surface area contributed by atoms with Gasteiger partial charge in [-0.3, -0.25) is 0 Å². The Kier molecular flexibility index (Phi) is 4.28. The lowest BCUT2D eigenvalue weighted by molar-refractivity contribution is 0.577. The minimum atomic E-state index is -0.328. The van der Waals surface area contributed by atoms with Gasteiger partial charge in [0.15, 0.2) is 0 Å². The molecule has 0 saturated heterocycles. The van der Waals surface area contributed by atoms with Gasteiger partial charge in [0.05, 0.1) is 18.4 Å². The lowest BCUT2D eigenvalue weighted by Gasteiger charge is -2.03. The summed E-state index contributed by atoms with van der Waals surface area (Å²) in [6.45, 7) is 3.91. The highest BCUT2D eigenvalue weighted by Crippen LogP contribution is 2.15. The maximum atomic E-state index is 13.6. The van der Waals surface area contributed by atoms with Crippen LogP contribution in [0.25, 0.3) is 0 Å². The zero-order valence-corrected chi connectivity index (χ0v) is 10.8. The van der Waals surface area contributed by atoms with Gasteiger partial charge < -0.3 is 5.32 Å². The second kappa shape index (κ2) is 5.93. The Morgan fingerprint density at radius 3 is 3.00 bits per heavy atom. The number of hydrogen-bond donors (Lipinski definition) is 1. The summed E-state index contributed by atoms with van der Waals surface area (Å²) in [5, 5.41) is 11.5. The maximum Gasteiger partial charge on any atom is 0.129 e. The van der Waals surface area contributed by atoms with E-state index < -0.39 is 0 Å². The zero-order chi connectivity index (χ0) is 13.0. The highest BCUT2D eigenvalue weighted by atomic mass is 35.5. The van der Waals surface area contributed by atoms with Crippen molar-refractivity contribution in [3.05, 3.63) is 46.5 Å². The first-order chi connectivity index (χ1) is 8.69. The topological polar surface area (TPSA) is 42.7 Å². The van der Waals surface area contributed by atoms with Crippen molar-refractivity contribution in [3.63, 3.8) is 0 Å². The number of nitrogens with one attached hydrogen (secondary N) is 1. The van der Waals surface area contributed by atoms with Gasteiger partial charge in [-0.1, -0.05) is 29.8 Å². The maximum absolute atomic E-state index is 13.6. The Balaban J connectivity index is 2.06. The summed E-state index contributed by atoms with van der Waals surface area (Å²) in [7, 11) is 0. The van der Waals surface area contributed by atoms with E-state index in [4.69, 9.17) is 11.6 Å². The van der Waals surface area contributed by atoms with E-state index in [9.17, 15) is 4.39 Å². The summed E-state index contributed by atoms with van der Waals surface area (Å²) in [6, 6.07) is 4.62. The van der Waals surface area contributed by atoms with Gasteiger partial charge in [0.25, 0.3) is 0 Å². The molecule has 6 heteroatoms. The number of benzene rings is 1. The smallest absolute Gasteiger partial charge is 0.129 e. The first-order valence-electron chi connectivity index (χ1n) is 5.72. The fourth-order valence-electron chi connectivity index (χ4n) is 1.57. The summed E-state index contributed by atoms with van der Waals surface area (Å²) in [5.41, 5.74) is 1.38. The molecule has 0 amide bonds. The SMILES string of the molecule is CCNCc1cn(Cc2ccc(Cl)cc2F)nn1. The second-order valence-electron chi connectivity index (χ2n) is 3.92. The molecular formula is C12H14ClFN4. The Morgan fingerprint density at radius 2 is 2.28 bits per heavy atom. The van der Waals surface area contributed by atoms with Crippen molar-refractivity contribution < 1.29 is 4.39 Å². The molecule has 96 valence electrons. The standard InChI is InChI=1S/C12H14ClFN4/c1-2-15-6-11-8-18(17-16-11)7-9-3-4-10(13)5-12(9)14/h3-5,8,15H,2,6-7H2,1H3. The normalized spacial score (nSPS) is 10.8. The highest BCUT2D eigenvalue weighted by molar-refractivity contribution is 6.30. The van der Waals surface area contributed by atoms with E-state index >= 15 is 0 Å². The second-order valence-corrected chi connectivity index (χ2v) is 4.36. The minimum absolute atomic E-state index is 0.328. The first kappa shape index (κ1) is 13.0. The van der Waals surface area contributed by atoms with Crippen LogP contribution < -0.4 is 5.32 Å². The predicted octanol–water partition coefficient (Wildman–Crippen LogP) is 2.23. The number of rotatable bonds is 5. The number of aromatic nitrogens is 3. The van der Waals surface area contributed by atoms with Crippen LogP contribution in [0.4, 0.5) is 4.39 Å². The molecule has 0 bridgehead atoms. The third-order valence-electron chi connectivity index (χ3n) is 2.49. The molecule has 0 spiro atoms. The number of nitrogens with zero attached hydrogens (tertiary/aromatic N) is 3. The summed E-state index contributed by atoms with van der Waals surface area (Å²) >= 11 is 5.70. The molecule has 18 heavy (non-hydrogen) atoms. The van der Waals surface area contributed by atoms with Gasteiger partial charge in [0, 0.05) is 17.1 Å². The molecule has 0 aliphatic heterocycles. The highest BCUT2D eigenvalue weighted by Gasteiger charge is 2.06. The third-order valence-corrected chi connectivity index (χ3v) is 2.72. The summed E-state index contributed by atoms with van der Waals surface area (Å²) in [6.07, 6.45) is 1.80. The monoisotopic (exact) mass is 268 g/mol.